The zero-order valence-corrected chi connectivity index (χ0v) is 14.0. The minimum atomic E-state index is 0.260. The third-order valence-electron chi connectivity index (χ3n) is 3.10. The first kappa shape index (κ1) is 15.2. The molecule has 1 aromatic rings. The van der Waals surface area contributed by atoms with Gasteiger partial charge in [-0.05, 0) is 65.3 Å². The zero-order valence-electron chi connectivity index (χ0n) is 11.6. The van der Waals surface area contributed by atoms with Gasteiger partial charge >= 0.3 is 0 Å². The third-order valence-corrected chi connectivity index (χ3v) is 4.65. The largest absolute Gasteiger partial charge is 0.316 e. The molecular weight excluding hydrogens is 294 g/mol. The molecule has 0 amide bonds. The Hall–Kier alpha value is 0.140. The van der Waals surface area contributed by atoms with Crippen LogP contribution in [-0.4, -0.2) is 13.1 Å². The molecular formula is C14H24BrNS. The van der Waals surface area contributed by atoms with E-state index in [9.17, 15) is 0 Å². The van der Waals surface area contributed by atoms with Gasteiger partial charge in [-0.3, -0.25) is 0 Å². The van der Waals surface area contributed by atoms with Crippen molar-refractivity contribution in [2.24, 2.45) is 5.92 Å². The molecule has 0 aliphatic carbocycles. The number of halogens is 1. The Bertz CT molecular complexity index is 355. The van der Waals surface area contributed by atoms with Crippen molar-refractivity contribution in [3.05, 3.63) is 20.3 Å². The number of hydrogen-bond donors (Lipinski definition) is 1. The number of nitrogens with one attached hydrogen (secondary N) is 1. The van der Waals surface area contributed by atoms with Crippen LogP contribution in [0.15, 0.2) is 9.85 Å². The summed E-state index contributed by atoms with van der Waals surface area (Å²) in [7, 11) is 0. The number of thiophene rings is 1. The van der Waals surface area contributed by atoms with Crippen molar-refractivity contribution in [1.29, 1.82) is 0 Å². The molecule has 98 valence electrons. The van der Waals surface area contributed by atoms with E-state index in [2.05, 4.69) is 61.9 Å². The van der Waals surface area contributed by atoms with Crippen LogP contribution < -0.4 is 5.32 Å². The van der Waals surface area contributed by atoms with E-state index >= 15 is 0 Å². The summed E-state index contributed by atoms with van der Waals surface area (Å²) in [6.45, 7) is 13.6. The van der Waals surface area contributed by atoms with Crippen molar-refractivity contribution in [1.82, 2.24) is 5.32 Å². The molecule has 1 heterocycles. The van der Waals surface area contributed by atoms with E-state index in [0.717, 1.165) is 19.0 Å². The Morgan fingerprint density at radius 2 is 2.06 bits per heavy atom. The molecule has 0 spiro atoms. The molecule has 0 fully saturated rings. The van der Waals surface area contributed by atoms with Crippen molar-refractivity contribution in [2.75, 3.05) is 13.1 Å². The molecule has 0 radical (unpaired) electrons. The first-order valence-electron chi connectivity index (χ1n) is 6.30. The van der Waals surface area contributed by atoms with Gasteiger partial charge in [-0.2, -0.15) is 0 Å². The molecule has 0 bridgehead atoms. The van der Waals surface area contributed by atoms with Crippen LogP contribution in [0.3, 0.4) is 0 Å². The summed E-state index contributed by atoms with van der Waals surface area (Å²) < 4.78 is 1.24. The minimum Gasteiger partial charge on any atom is -0.316 e. The second-order valence-electron chi connectivity index (χ2n) is 5.75. The first-order chi connectivity index (χ1) is 7.83. The summed E-state index contributed by atoms with van der Waals surface area (Å²) in [4.78, 5) is 1.44. The lowest BCUT2D eigenvalue weighted by atomic mass is 9.82. The number of rotatable bonds is 6. The SMILES string of the molecule is Cc1sc(Br)cc1C(C)(C)CCNCC(C)C. The lowest BCUT2D eigenvalue weighted by molar-refractivity contribution is 0.442. The van der Waals surface area contributed by atoms with E-state index in [1.54, 1.807) is 0 Å². The number of hydrogen-bond acceptors (Lipinski definition) is 2. The van der Waals surface area contributed by atoms with Crippen LogP contribution in [0.5, 0.6) is 0 Å². The normalized spacial score (nSPS) is 12.4. The fourth-order valence-corrected chi connectivity index (χ4v) is 3.92. The van der Waals surface area contributed by atoms with Crippen LogP contribution in [0.25, 0.3) is 0 Å². The fourth-order valence-electron chi connectivity index (χ4n) is 2.04. The van der Waals surface area contributed by atoms with Gasteiger partial charge in [0.25, 0.3) is 0 Å². The number of aryl methyl sites for hydroxylation is 1. The fraction of sp³-hybridized carbons (Fsp3) is 0.714. The van der Waals surface area contributed by atoms with Crippen LogP contribution in [0.1, 0.15) is 44.6 Å². The van der Waals surface area contributed by atoms with E-state index in [4.69, 9.17) is 0 Å². The molecule has 0 unspecified atom stereocenters. The third kappa shape index (κ3) is 4.72. The standard InChI is InChI=1S/C14H24BrNS/c1-10(2)9-16-7-6-14(4,5)12-8-13(15)17-11(12)3/h8,10,16H,6-7,9H2,1-5H3. The highest BCUT2D eigenvalue weighted by Crippen LogP contribution is 2.36. The molecule has 0 saturated heterocycles. The van der Waals surface area contributed by atoms with Crippen molar-refractivity contribution in [3.63, 3.8) is 0 Å². The van der Waals surface area contributed by atoms with Gasteiger partial charge in [0.1, 0.15) is 0 Å². The topological polar surface area (TPSA) is 12.0 Å². The van der Waals surface area contributed by atoms with Crippen molar-refractivity contribution < 1.29 is 0 Å². The van der Waals surface area contributed by atoms with Gasteiger partial charge in [0.05, 0.1) is 3.79 Å². The monoisotopic (exact) mass is 317 g/mol. The van der Waals surface area contributed by atoms with E-state index in [1.165, 1.54) is 20.6 Å². The predicted molar refractivity (Wildman–Crippen MR) is 82.1 cm³/mol. The van der Waals surface area contributed by atoms with Gasteiger partial charge in [-0.25, -0.2) is 0 Å². The molecule has 0 saturated carbocycles. The van der Waals surface area contributed by atoms with Gasteiger partial charge in [-0.15, -0.1) is 11.3 Å². The summed E-state index contributed by atoms with van der Waals surface area (Å²) >= 11 is 5.42. The van der Waals surface area contributed by atoms with Crippen LogP contribution in [-0.2, 0) is 5.41 Å². The second kappa shape index (κ2) is 6.35. The summed E-state index contributed by atoms with van der Waals surface area (Å²) in [5.74, 6) is 0.732. The maximum Gasteiger partial charge on any atom is 0.0704 e. The summed E-state index contributed by atoms with van der Waals surface area (Å²) in [6, 6.07) is 2.28. The van der Waals surface area contributed by atoms with Crippen molar-refractivity contribution >= 4 is 27.3 Å². The molecule has 0 aliphatic rings. The van der Waals surface area contributed by atoms with Crippen LogP contribution >= 0.6 is 27.3 Å². The minimum absolute atomic E-state index is 0.260. The Morgan fingerprint density at radius 1 is 1.41 bits per heavy atom. The summed E-state index contributed by atoms with van der Waals surface area (Å²) in [5.41, 5.74) is 1.75. The van der Waals surface area contributed by atoms with Gasteiger partial charge in [-0.1, -0.05) is 27.7 Å². The zero-order chi connectivity index (χ0) is 13.1. The highest BCUT2D eigenvalue weighted by atomic mass is 79.9. The van der Waals surface area contributed by atoms with Gasteiger partial charge in [0, 0.05) is 4.88 Å². The maximum atomic E-state index is 3.58. The van der Waals surface area contributed by atoms with Gasteiger partial charge < -0.3 is 5.32 Å². The Kier molecular flexibility index (Phi) is 5.68. The Balaban J connectivity index is 2.53. The Labute approximate surface area is 118 Å². The Morgan fingerprint density at radius 3 is 2.53 bits per heavy atom. The molecule has 0 aromatic carbocycles. The van der Waals surface area contributed by atoms with E-state index < -0.39 is 0 Å². The average molecular weight is 318 g/mol. The van der Waals surface area contributed by atoms with E-state index in [1.807, 2.05) is 11.3 Å². The molecule has 0 aliphatic heterocycles. The van der Waals surface area contributed by atoms with Crippen LogP contribution in [0.4, 0.5) is 0 Å². The lowest BCUT2D eigenvalue weighted by Crippen LogP contribution is -2.27. The first-order valence-corrected chi connectivity index (χ1v) is 7.91. The summed E-state index contributed by atoms with van der Waals surface area (Å²) in [6.07, 6.45) is 1.18. The van der Waals surface area contributed by atoms with Gasteiger partial charge in [0.2, 0.25) is 0 Å². The molecule has 17 heavy (non-hydrogen) atoms. The van der Waals surface area contributed by atoms with E-state index in [0.29, 0.717) is 0 Å². The molecule has 1 rings (SSSR count). The van der Waals surface area contributed by atoms with E-state index in [-0.39, 0.29) is 5.41 Å². The average Bonchev–Trinajstić information content (AvgIpc) is 2.53. The van der Waals surface area contributed by atoms with Crippen LogP contribution in [0, 0.1) is 12.8 Å². The molecule has 1 aromatic heterocycles. The molecule has 3 heteroatoms. The quantitative estimate of drug-likeness (QED) is 0.748. The smallest absolute Gasteiger partial charge is 0.0704 e. The van der Waals surface area contributed by atoms with Gasteiger partial charge in [0.15, 0.2) is 0 Å². The van der Waals surface area contributed by atoms with Crippen molar-refractivity contribution in [2.45, 2.75) is 46.5 Å². The molecule has 1 nitrogen and oxygen atoms in total. The maximum absolute atomic E-state index is 3.58. The molecule has 1 N–H and O–H groups in total. The summed E-state index contributed by atoms with van der Waals surface area (Å²) in [5, 5.41) is 3.53. The molecule has 0 atom stereocenters. The van der Waals surface area contributed by atoms with Crippen LogP contribution in [0.2, 0.25) is 0 Å². The lowest BCUT2D eigenvalue weighted by Gasteiger charge is -2.25. The highest BCUT2D eigenvalue weighted by molar-refractivity contribution is 9.11. The highest BCUT2D eigenvalue weighted by Gasteiger charge is 2.23. The second-order valence-corrected chi connectivity index (χ2v) is 8.39. The van der Waals surface area contributed by atoms with Crippen molar-refractivity contribution in [3.8, 4) is 0 Å². The predicted octanol–water partition coefficient (Wildman–Crippen LogP) is 4.73.